The summed E-state index contributed by atoms with van der Waals surface area (Å²) in [6, 6.07) is 5.74. The number of carbonyl (C=O) groups is 1. The molecule has 1 aromatic carbocycles. The molecule has 0 atom stereocenters. The van der Waals surface area contributed by atoms with Gasteiger partial charge in [-0.25, -0.2) is 13.1 Å². The van der Waals surface area contributed by atoms with Gasteiger partial charge in [0.15, 0.2) is 0 Å². The molecule has 0 saturated carbocycles. The number of hydrogen-bond acceptors (Lipinski definition) is 4. The van der Waals surface area contributed by atoms with Crippen LogP contribution < -0.4 is 9.62 Å². The number of anilines is 1. The normalized spacial score (nSPS) is 11.6. The Bertz CT molecular complexity index is 868. The van der Waals surface area contributed by atoms with Crippen molar-refractivity contribution in [3.63, 3.8) is 0 Å². The van der Waals surface area contributed by atoms with Gasteiger partial charge in [-0.2, -0.15) is 5.10 Å². The molecule has 2 N–H and O–H groups in total. The third kappa shape index (κ3) is 4.26. The molecule has 7 nitrogen and oxygen atoms in total. The summed E-state index contributed by atoms with van der Waals surface area (Å²) < 4.78 is 27.4. The van der Waals surface area contributed by atoms with Gasteiger partial charge >= 0.3 is 0 Å². The lowest BCUT2D eigenvalue weighted by Gasteiger charge is -2.22. The monoisotopic (exact) mass is 364 g/mol. The third-order valence-electron chi connectivity index (χ3n) is 4.14. The van der Waals surface area contributed by atoms with E-state index in [0.29, 0.717) is 11.4 Å². The van der Waals surface area contributed by atoms with Gasteiger partial charge in [-0.15, -0.1) is 0 Å². The SMILES string of the molecule is CC(=O)N(CCNS(=O)(=O)c1c(C)n[nH]c1C)c1ccc(C)c(C)c1. The first-order valence-electron chi connectivity index (χ1n) is 8.00. The van der Waals surface area contributed by atoms with E-state index in [9.17, 15) is 13.2 Å². The van der Waals surface area contributed by atoms with Crippen molar-refractivity contribution in [3.8, 4) is 0 Å². The standard InChI is InChI=1S/C17H24N4O3S/c1-11-6-7-16(10-12(11)2)21(15(5)22)9-8-18-25(23,24)17-13(3)19-20-14(17)4/h6-7,10,18H,8-9H2,1-5H3,(H,19,20). The largest absolute Gasteiger partial charge is 0.311 e. The van der Waals surface area contributed by atoms with Crippen LogP contribution in [0.25, 0.3) is 0 Å². The second-order valence-corrected chi connectivity index (χ2v) is 7.80. The van der Waals surface area contributed by atoms with E-state index in [0.717, 1.165) is 16.8 Å². The number of H-pyrrole nitrogens is 1. The molecule has 0 aliphatic carbocycles. The number of aryl methyl sites for hydroxylation is 4. The topological polar surface area (TPSA) is 95.2 Å². The summed E-state index contributed by atoms with van der Waals surface area (Å²) in [7, 11) is -3.68. The van der Waals surface area contributed by atoms with E-state index in [1.54, 1.807) is 18.7 Å². The van der Waals surface area contributed by atoms with Crippen molar-refractivity contribution in [3.05, 3.63) is 40.7 Å². The molecule has 0 aliphatic heterocycles. The minimum Gasteiger partial charge on any atom is -0.311 e. The lowest BCUT2D eigenvalue weighted by atomic mass is 10.1. The molecular weight excluding hydrogens is 340 g/mol. The Hall–Kier alpha value is -2.19. The Morgan fingerprint density at radius 2 is 1.88 bits per heavy atom. The van der Waals surface area contributed by atoms with Crippen molar-refractivity contribution < 1.29 is 13.2 Å². The molecule has 136 valence electrons. The number of aromatic amines is 1. The van der Waals surface area contributed by atoms with Crippen LogP contribution in [0.1, 0.15) is 29.4 Å². The maximum Gasteiger partial charge on any atom is 0.244 e. The summed E-state index contributed by atoms with van der Waals surface area (Å²) in [5.74, 6) is -0.141. The minimum absolute atomic E-state index is 0.110. The van der Waals surface area contributed by atoms with E-state index in [-0.39, 0.29) is 23.9 Å². The van der Waals surface area contributed by atoms with Gasteiger partial charge < -0.3 is 4.90 Å². The summed E-state index contributed by atoms with van der Waals surface area (Å²) in [4.78, 5) is 13.7. The van der Waals surface area contributed by atoms with Crippen molar-refractivity contribution in [2.24, 2.45) is 0 Å². The average molecular weight is 364 g/mol. The molecule has 0 fully saturated rings. The minimum atomic E-state index is -3.68. The number of hydrogen-bond donors (Lipinski definition) is 2. The number of benzene rings is 1. The van der Waals surface area contributed by atoms with Crippen LogP contribution in [0.15, 0.2) is 23.1 Å². The fraction of sp³-hybridized carbons (Fsp3) is 0.412. The van der Waals surface area contributed by atoms with Gasteiger partial charge in [0, 0.05) is 25.7 Å². The molecule has 1 amide bonds. The lowest BCUT2D eigenvalue weighted by Crippen LogP contribution is -2.37. The molecule has 8 heteroatoms. The molecule has 0 saturated heterocycles. The van der Waals surface area contributed by atoms with Crippen LogP contribution in [0.3, 0.4) is 0 Å². The predicted octanol–water partition coefficient (Wildman–Crippen LogP) is 1.97. The molecule has 0 radical (unpaired) electrons. The molecule has 2 aromatic rings. The van der Waals surface area contributed by atoms with Crippen molar-refractivity contribution in [2.75, 3.05) is 18.0 Å². The first kappa shape index (κ1) is 19.1. The second kappa shape index (κ2) is 7.37. The number of nitrogens with one attached hydrogen (secondary N) is 2. The second-order valence-electron chi connectivity index (χ2n) is 6.10. The van der Waals surface area contributed by atoms with Crippen LogP contribution in [0.2, 0.25) is 0 Å². The maximum absolute atomic E-state index is 12.4. The highest BCUT2D eigenvalue weighted by atomic mass is 32.2. The fourth-order valence-corrected chi connectivity index (χ4v) is 4.05. The highest BCUT2D eigenvalue weighted by Gasteiger charge is 2.22. The van der Waals surface area contributed by atoms with E-state index >= 15 is 0 Å². The number of carbonyl (C=O) groups excluding carboxylic acids is 1. The number of sulfonamides is 1. The lowest BCUT2D eigenvalue weighted by molar-refractivity contribution is -0.116. The van der Waals surface area contributed by atoms with Crippen LogP contribution in [0.4, 0.5) is 5.69 Å². The first-order valence-corrected chi connectivity index (χ1v) is 9.48. The Balaban J connectivity index is 2.12. The number of nitrogens with zero attached hydrogens (tertiary/aromatic N) is 2. The molecule has 1 heterocycles. The Kier molecular flexibility index (Phi) is 5.64. The van der Waals surface area contributed by atoms with Crippen LogP contribution in [-0.4, -0.2) is 37.6 Å². The highest BCUT2D eigenvalue weighted by molar-refractivity contribution is 7.89. The predicted molar refractivity (Wildman–Crippen MR) is 97.2 cm³/mol. The van der Waals surface area contributed by atoms with Gasteiger partial charge in [0.1, 0.15) is 4.90 Å². The molecule has 0 aliphatic rings. The van der Waals surface area contributed by atoms with Crippen LogP contribution >= 0.6 is 0 Å². The van der Waals surface area contributed by atoms with Crippen LogP contribution in [-0.2, 0) is 14.8 Å². The Morgan fingerprint density at radius 1 is 1.20 bits per heavy atom. The van der Waals surface area contributed by atoms with Gasteiger partial charge in [0.2, 0.25) is 15.9 Å². The third-order valence-corrected chi connectivity index (χ3v) is 5.86. The smallest absolute Gasteiger partial charge is 0.244 e. The quantitative estimate of drug-likeness (QED) is 0.819. The summed E-state index contributed by atoms with van der Waals surface area (Å²) in [6.45, 7) is 9.09. The zero-order valence-corrected chi connectivity index (χ0v) is 16.0. The van der Waals surface area contributed by atoms with Gasteiger partial charge in [-0.05, 0) is 51.0 Å². The number of aromatic nitrogens is 2. The van der Waals surface area contributed by atoms with Crippen molar-refractivity contribution in [1.29, 1.82) is 0 Å². The molecule has 1 aromatic heterocycles. The van der Waals surface area contributed by atoms with Crippen LogP contribution in [0.5, 0.6) is 0 Å². The molecular formula is C17H24N4O3S. The van der Waals surface area contributed by atoms with E-state index in [1.165, 1.54) is 6.92 Å². The maximum atomic E-state index is 12.4. The molecule has 0 bridgehead atoms. The zero-order valence-electron chi connectivity index (χ0n) is 15.2. The van der Waals surface area contributed by atoms with Gasteiger partial charge in [-0.1, -0.05) is 6.07 Å². The summed E-state index contributed by atoms with van der Waals surface area (Å²) in [5, 5.41) is 6.57. The molecule has 0 unspecified atom stereocenters. The van der Waals surface area contributed by atoms with E-state index in [1.807, 2.05) is 32.0 Å². The van der Waals surface area contributed by atoms with Gasteiger partial charge in [0.05, 0.1) is 11.4 Å². The van der Waals surface area contributed by atoms with E-state index in [2.05, 4.69) is 14.9 Å². The van der Waals surface area contributed by atoms with E-state index < -0.39 is 10.0 Å². The Labute approximate surface area is 148 Å². The van der Waals surface area contributed by atoms with Crippen molar-refractivity contribution >= 4 is 21.6 Å². The molecule has 2 rings (SSSR count). The number of rotatable bonds is 6. The Morgan fingerprint density at radius 3 is 2.40 bits per heavy atom. The van der Waals surface area contributed by atoms with Gasteiger partial charge in [0.25, 0.3) is 0 Å². The van der Waals surface area contributed by atoms with Crippen molar-refractivity contribution in [2.45, 2.75) is 39.5 Å². The average Bonchev–Trinajstić information content (AvgIpc) is 2.86. The zero-order chi connectivity index (χ0) is 18.8. The summed E-state index contributed by atoms with van der Waals surface area (Å²) in [6.07, 6.45) is 0. The van der Waals surface area contributed by atoms with Gasteiger partial charge in [-0.3, -0.25) is 9.89 Å². The molecule has 0 spiro atoms. The first-order chi connectivity index (χ1) is 11.6. The van der Waals surface area contributed by atoms with Crippen molar-refractivity contribution in [1.82, 2.24) is 14.9 Å². The summed E-state index contributed by atoms with van der Waals surface area (Å²) >= 11 is 0. The van der Waals surface area contributed by atoms with E-state index in [4.69, 9.17) is 0 Å². The number of amides is 1. The fourth-order valence-electron chi connectivity index (χ4n) is 2.66. The molecule has 25 heavy (non-hydrogen) atoms. The summed E-state index contributed by atoms with van der Waals surface area (Å²) in [5.41, 5.74) is 3.88. The highest BCUT2D eigenvalue weighted by Crippen LogP contribution is 2.19. The van der Waals surface area contributed by atoms with Crippen LogP contribution in [0, 0.1) is 27.7 Å².